The molecule has 0 unspecified atom stereocenters. The van der Waals surface area contributed by atoms with Gasteiger partial charge in [-0.1, -0.05) is 60.3 Å². The zero-order chi connectivity index (χ0) is 24.0. The van der Waals surface area contributed by atoms with Gasteiger partial charge in [0.05, 0.1) is 10.9 Å². The third-order valence-electron chi connectivity index (χ3n) is 6.68. The molecule has 180 valence electrons. The maximum Gasteiger partial charge on any atom is 0.243 e. The van der Waals surface area contributed by atoms with Crippen molar-refractivity contribution >= 4 is 45.2 Å². The van der Waals surface area contributed by atoms with E-state index in [1.54, 1.807) is 28.2 Å². The number of nitrogens with zero attached hydrogens (tertiary/aromatic N) is 4. The van der Waals surface area contributed by atoms with Crippen LogP contribution in [-0.2, 0) is 10.0 Å². The fourth-order valence-corrected chi connectivity index (χ4v) is 7.94. The van der Waals surface area contributed by atoms with Gasteiger partial charge in [-0.15, -0.1) is 10.2 Å². The van der Waals surface area contributed by atoms with E-state index in [4.69, 9.17) is 12.6 Å². The summed E-state index contributed by atoms with van der Waals surface area (Å²) in [6.07, 6.45) is 3.11. The molecule has 0 bridgehead atoms. The number of para-hydroxylation sites is 1. The standard InChI is InChI=1S/C26H26N4O2S3/c31-35(32,23-13-12-19-6-4-5-7-20(19)14-23)29-16-22(33)15-24(29)25-27-28-26(34-17-18-10-11-18)30(25)21-8-2-1-3-9-21/h1-9,12-14,18,22,24,33H,10-11,15-17H2/t22-,24+/m1/s1. The van der Waals surface area contributed by atoms with Gasteiger partial charge in [-0.2, -0.15) is 16.9 Å². The Morgan fingerprint density at radius 2 is 1.69 bits per heavy atom. The minimum absolute atomic E-state index is 0.0845. The summed E-state index contributed by atoms with van der Waals surface area (Å²) in [5.74, 6) is 2.39. The number of rotatable bonds is 7. The summed E-state index contributed by atoms with van der Waals surface area (Å²) in [4.78, 5) is 0.290. The largest absolute Gasteiger partial charge is 0.273 e. The van der Waals surface area contributed by atoms with Gasteiger partial charge in [0.1, 0.15) is 0 Å². The predicted octanol–water partition coefficient (Wildman–Crippen LogP) is 5.36. The van der Waals surface area contributed by atoms with E-state index < -0.39 is 16.1 Å². The molecule has 2 fully saturated rings. The molecule has 35 heavy (non-hydrogen) atoms. The van der Waals surface area contributed by atoms with Gasteiger partial charge in [0.15, 0.2) is 11.0 Å². The normalized spacial score (nSPS) is 21.1. The topological polar surface area (TPSA) is 68.1 Å². The summed E-state index contributed by atoms with van der Waals surface area (Å²) in [6.45, 7) is 0.329. The molecule has 1 saturated heterocycles. The van der Waals surface area contributed by atoms with E-state index in [9.17, 15) is 8.42 Å². The second kappa shape index (κ2) is 9.28. The summed E-state index contributed by atoms with van der Waals surface area (Å²) in [6, 6.07) is 22.6. The van der Waals surface area contributed by atoms with E-state index in [2.05, 4.69) is 10.2 Å². The van der Waals surface area contributed by atoms with E-state index >= 15 is 0 Å². The highest BCUT2D eigenvalue weighted by molar-refractivity contribution is 7.99. The Kier molecular flexibility index (Phi) is 6.12. The molecule has 2 atom stereocenters. The van der Waals surface area contributed by atoms with Gasteiger partial charge < -0.3 is 0 Å². The number of sulfonamides is 1. The SMILES string of the molecule is O=S(=O)(c1ccc2ccccc2c1)N1C[C@H](S)C[C@H]1c1nnc(SCC2CC2)n1-c1ccccc1. The maximum absolute atomic E-state index is 13.9. The second-order valence-corrected chi connectivity index (χ2v) is 12.9. The van der Waals surface area contributed by atoms with Crippen LogP contribution in [0.2, 0.25) is 0 Å². The molecular formula is C26H26N4O2S3. The molecular weight excluding hydrogens is 497 g/mol. The molecule has 4 aromatic rings. The van der Waals surface area contributed by atoms with Crippen molar-refractivity contribution in [2.45, 2.75) is 40.6 Å². The number of aromatic nitrogens is 3. The van der Waals surface area contributed by atoms with Crippen molar-refractivity contribution in [3.8, 4) is 5.69 Å². The predicted molar refractivity (Wildman–Crippen MR) is 143 cm³/mol. The molecule has 3 aromatic carbocycles. The average Bonchev–Trinajstić information content (AvgIpc) is 3.48. The number of hydrogen-bond acceptors (Lipinski definition) is 6. The molecule has 1 aliphatic heterocycles. The van der Waals surface area contributed by atoms with Crippen molar-refractivity contribution in [2.24, 2.45) is 5.92 Å². The molecule has 1 aromatic heterocycles. The summed E-state index contributed by atoms with van der Waals surface area (Å²) >= 11 is 6.40. The summed E-state index contributed by atoms with van der Waals surface area (Å²) < 4.78 is 31.4. The van der Waals surface area contributed by atoms with E-state index in [1.807, 2.05) is 65.2 Å². The zero-order valence-corrected chi connectivity index (χ0v) is 21.6. The highest BCUT2D eigenvalue weighted by Crippen LogP contribution is 2.41. The van der Waals surface area contributed by atoms with Crippen LogP contribution in [0.1, 0.15) is 31.1 Å². The van der Waals surface area contributed by atoms with Crippen molar-refractivity contribution in [3.63, 3.8) is 0 Å². The highest BCUT2D eigenvalue weighted by atomic mass is 32.2. The molecule has 9 heteroatoms. The first-order chi connectivity index (χ1) is 17.0. The second-order valence-electron chi connectivity index (χ2n) is 9.26. The molecule has 1 aliphatic carbocycles. The van der Waals surface area contributed by atoms with Gasteiger partial charge in [-0.25, -0.2) is 8.42 Å². The Bertz CT molecular complexity index is 1470. The first-order valence-corrected chi connectivity index (χ1v) is 14.8. The Balaban J connectivity index is 1.41. The number of benzene rings is 3. The number of thiol groups is 1. The lowest BCUT2D eigenvalue weighted by atomic mass is 10.1. The zero-order valence-electron chi connectivity index (χ0n) is 19.1. The molecule has 2 heterocycles. The van der Waals surface area contributed by atoms with Crippen molar-refractivity contribution < 1.29 is 8.42 Å². The van der Waals surface area contributed by atoms with Crippen molar-refractivity contribution in [3.05, 3.63) is 78.6 Å². The molecule has 0 spiro atoms. The fourth-order valence-electron chi connectivity index (χ4n) is 4.64. The molecule has 0 amide bonds. The van der Waals surface area contributed by atoms with Crippen LogP contribution in [0.5, 0.6) is 0 Å². The molecule has 1 saturated carbocycles. The van der Waals surface area contributed by atoms with Crippen molar-refractivity contribution in [1.29, 1.82) is 0 Å². The third-order valence-corrected chi connectivity index (χ3v) is 10.1. The molecule has 6 nitrogen and oxygen atoms in total. The molecule has 0 N–H and O–H groups in total. The minimum Gasteiger partial charge on any atom is -0.273 e. The molecule has 0 radical (unpaired) electrons. The Morgan fingerprint density at radius 3 is 2.46 bits per heavy atom. The van der Waals surface area contributed by atoms with E-state index in [0.717, 1.165) is 33.3 Å². The monoisotopic (exact) mass is 522 g/mol. The van der Waals surface area contributed by atoms with Crippen LogP contribution in [0.15, 0.2) is 82.8 Å². The average molecular weight is 523 g/mol. The smallest absolute Gasteiger partial charge is 0.243 e. The van der Waals surface area contributed by atoms with Crippen LogP contribution in [-0.4, -0.2) is 45.0 Å². The lowest BCUT2D eigenvalue weighted by molar-refractivity contribution is 0.379. The summed E-state index contributed by atoms with van der Waals surface area (Å²) in [7, 11) is -3.77. The Labute approximate surface area is 215 Å². The summed E-state index contributed by atoms with van der Waals surface area (Å²) in [5, 5.41) is 11.7. The Morgan fingerprint density at radius 1 is 0.943 bits per heavy atom. The number of fused-ring (bicyclic) bond motifs is 1. The van der Waals surface area contributed by atoms with Crippen LogP contribution in [0.4, 0.5) is 0 Å². The van der Waals surface area contributed by atoms with Crippen LogP contribution < -0.4 is 0 Å². The van der Waals surface area contributed by atoms with Gasteiger partial charge >= 0.3 is 0 Å². The van der Waals surface area contributed by atoms with E-state index in [0.29, 0.717) is 18.8 Å². The summed E-state index contributed by atoms with van der Waals surface area (Å²) in [5.41, 5.74) is 0.941. The van der Waals surface area contributed by atoms with Crippen LogP contribution >= 0.6 is 24.4 Å². The maximum atomic E-state index is 13.9. The molecule has 6 rings (SSSR count). The first kappa shape index (κ1) is 23.1. The van der Waals surface area contributed by atoms with Gasteiger partial charge in [0.2, 0.25) is 10.0 Å². The van der Waals surface area contributed by atoms with Crippen LogP contribution in [0.3, 0.4) is 0 Å². The van der Waals surface area contributed by atoms with Gasteiger partial charge in [-0.3, -0.25) is 4.57 Å². The van der Waals surface area contributed by atoms with Crippen molar-refractivity contribution in [2.75, 3.05) is 12.3 Å². The van der Waals surface area contributed by atoms with Gasteiger partial charge in [-0.05, 0) is 60.2 Å². The van der Waals surface area contributed by atoms with Crippen LogP contribution in [0.25, 0.3) is 16.5 Å². The quantitative estimate of drug-likeness (QED) is 0.262. The van der Waals surface area contributed by atoms with Gasteiger partial charge in [0.25, 0.3) is 0 Å². The minimum atomic E-state index is -3.77. The van der Waals surface area contributed by atoms with E-state index in [1.165, 1.54) is 12.8 Å². The fraction of sp³-hybridized carbons (Fsp3) is 0.308. The third kappa shape index (κ3) is 4.50. The van der Waals surface area contributed by atoms with E-state index in [-0.39, 0.29) is 10.1 Å². The lowest BCUT2D eigenvalue weighted by Gasteiger charge is -2.24. The van der Waals surface area contributed by atoms with Crippen LogP contribution in [0, 0.1) is 5.92 Å². The highest BCUT2D eigenvalue weighted by Gasteiger charge is 2.43. The number of thioether (sulfide) groups is 1. The lowest BCUT2D eigenvalue weighted by Crippen LogP contribution is -2.32. The Hall–Kier alpha value is -2.33. The number of hydrogen-bond donors (Lipinski definition) is 1. The van der Waals surface area contributed by atoms with Crippen molar-refractivity contribution in [1.82, 2.24) is 19.1 Å². The molecule has 2 aliphatic rings. The first-order valence-electron chi connectivity index (χ1n) is 11.8. The van der Waals surface area contributed by atoms with Gasteiger partial charge in [0, 0.05) is 23.2 Å².